The molecule has 0 saturated carbocycles. The summed E-state index contributed by atoms with van der Waals surface area (Å²) in [4.78, 5) is 4.43. The molecule has 0 fully saturated rings. The molecule has 136 valence electrons. The predicted molar refractivity (Wildman–Crippen MR) is 102 cm³/mol. The molecule has 6 nitrogen and oxygen atoms in total. The minimum Gasteiger partial charge on any atom is -0.490 e. The number of nitrogen functional groups attached to an aromatic ring is 1. The first-order valence-electron chi connectivity index (χ1n) is 8.62. The molecule has 26 heavy (non-hydrogen) atoms. The molecule has 3 rings (SSSR count). The first-order chi connectivity index (χ1) is 12.6. The van der Waals surface area contributed by atoms with Gasteiger partial charge in [0.05, 0.1) is 18.2 Å². The molecular formula is C19H21ClN4O2. The molecule has 0 aliphatic carbocycles. The third kappa shape index (κ3) is 3.28. The van der Waals surface area contributed by atoms with Crippen molar-refractivity contribution in [2.75, 3.05) is 25.5 Å². The molecule has 0 amide bonds. The standard InChI is InChI=1S/C19H21ClN4O2/c1-3-25-16-8-11(7-14(20)18(16)26-4-2)17-12(9-21)19(22)24-15-5-6-23-10-13(15)17/h7-8,23H,3-6,10H2,1-2H3,(H2,22,24). The quantitative estimate of drug-likeness (QED) is 0.836. The third-order valence-corrected chi connectivity index (χ3v) is 4.53. The summed E-state index contributed by atoms with van der Waals surface area (Å²) in [5.74, 6) is 1.30. The molecule has 0 atom stereocenters. The molecule has 7 heteroatoms. The van der Waals surface area contributed by atoms with Crippen LogP contribution in [0.4, 0.5) is 5.82 Å². The number of nitrogens with zero attached hydrogens (tertiary/aromatic N) is 2. The number of benzene rings is 1. The fourth-order valence-corrected chi connectivity index (χ4v) is 3.47. The van der Waals surface area contributed by atoms with Crippen LogP contribution in [-0.4, -0.2) is 24.7 Å². The van der Waals surface area contributed by atoms with Crippen molar-refractivity contribution in [1.82, 2.24) is 10.3 Å². The molecule has 0 saturated heterocycles. The van der Waals surface area contributed by atoms with Gasteiger partial charge in [0.15, 0.2) is 11.5 Å². The maximum absolute atomic E-state index is 9.66. The van der Waals surface area contributed by atoms with Crippen LogP contribution in [0.1, 0.15) is 30.7 Å². The van der Waals surface area contributed by atoms with Crippen molar-refractivity contribution < 1.29 is 9.47 Å². The number of anilines is 1. The van der Waals surface area contributed by atoms with Crippen molar-refractivity contribution in [3.8, 4) is 28.7 Å². The Bertz CT molecular complexity index is 877. The van der Waals surface area contributed by atoms with Crippen molar-refractivity contribution in [3.63, 3.8) is 0 Å². The normalized spacial score (nSPS) is 13.0. The fourth-order valence-electron chi connectivity index (χ4n) is 3.20. The highest BCUT2D eigenvalue weighted by Gasteiger charge is 2.24. The van der Waals surface area contributed by atoms with Crippen LogP contribution >= 0.6 is 11.6 Å². The van der Waals surface area contributed by atoms with Gasteiger partial charge in [0.1, 0.15) is 17.5 Å². The zero-order valence-electron chi connectivity index (χ0n) is 14.9. The monoisotopic (exact) mass is 372 g/mol. The third-order valence-electron chi connectivity index (χ3n) is 4.25. The first kappa shape index (κ1) is 18.3. The molecule has 2 aromatic rings. The molecule has 0 bridgehead atoms. The zero-order chi connectivity index (χ0) is 18.7. The van der Waals surface area contributed by atoms with E-state index in [4.69, 9.17) is 26.8 Å². The topological polar surface area (TPSA) is 93.2 Å². The van der Waals surface area contributed by atoms with Gasteiger partial charge in [-0.2, -0.15) is 5.26 Å². The van der Waals surface area contributed by atoms with Crippen LogP contribution in [0, 0.1) is 11.3 Å². The Morgan fingerprint density at radius 3 is 2.77 bits per heavy atom. The minimum absolute atomic E-state index is 0.242. The van der Waals surface area contributed by atoms with Crippen LogP contribution < -0.4 is 20.5 Å². The van der Waals surface area contributed by atoms with E-state index in [1.54, 1.807) is 6.07 Å². The zero-order valence-corrected chi connectivity index (χ0v) is 15.6. The fraction of sp³-hybridized carbons (Fsp3) is 0.368. The van der Waals surface area contributed by atoms with Crippen LogP contribution in [0.3, 0.4) is 0 Å². The Morgan fingerprint density at radius 1 is 1.31 bits per heavy atom. The van der Waals surface area contributed by atoms with Crippen molar-refractivity contribution in [2.45, 2.75) is 26.8 Å². The summed E-state index contributed by atoms with van der Waals surface area (Å²) in [6.07, 6.45) is 0.765. The Balaban J connectivity index is 2.26. The Morgan fingerprint density at radius 2 is 2.08 bits per heavy atom. The number of nitrogens with two attached hydrogens (primary N) is 1. The van der Waals surface area contributed by atoms with Crippen LogP contribution in [0.5, 0.6) is 11.5 Å². The molecule has 0 spiro atoms. The van der Waals surface area contributed by atoms with E-state index in [1.807, 2.05) is 19.9 Å². The van der Waals surface area contributed by atoms with E-state index in [-0.39, 0.29) is 5.82 Å². The van der Waals surface area contributed by atoms with E-state index in [2.05, 4.69) is 16.4 Å². The maximum atomic E-state index is 9.66. The van der Waals surface area contributed by atoms with Crippen LogP contribution in [-0.2, 0) is 13.0 Å². The van der Waals surface area contributed by atoms with Gasteiger partial charge in [-0.1, -0.05) is 11.6 Å². The van der Waals surface area contributed by atoms with Crippen LogP contribution in [0.2, 0.25) is 5.02 Å². The number of fused-ring (bicyclic) bond motifs is 1. The molecule has 0 unspecified atom stereocenters. The molecule has 1 aromatic heterocycles. The van der Waals surface area contributed by atoms with Gasteiger partial charge >= 0.3 is 0 Å². The highest BCUT2D eigenvalue weighted by Crippen LogP contribution is 2.42. The molecular weight excluding hydrogens is 352 g/mol. The van der Waals surface area contributed by atoms with Gasteiger partial charge in [-0.25, -0.2) is 4.98 Å². The number of pyridine rings is 1. The van der Waals surface area contributed by atoms with Gasteiger partial charge in [0.25, 0.3) is 0 Å². The van der Waals surface area contributed by atoms with Gasteiger partial charge in [-0.05, 0) is 37.1 Å². The number of rotatable bonds is 5. The number of nitriles is 1. The second-order valence-corrected chi connectivity index (χ2v) is 6.27. The van der Waals surface area contributed by atoms with E-state index in [1.165, 1.54) is 0 Å². The summed E-state index contributed by atoms with van der Waals surface area (Å²) in [6.45, 7) is 6.19. The lowest BCUT2D eigenvalue weighted by atomic mass is 9.91. The number of hydrogen-bond acceptors (Lipinski definition) is 6. The van der Waals surface area contributed by atoms with Gasteiger partial charge in [-0.3, -0.25) is 0 Å². The van der Waals surface area contributed by atoms with E-state index < -0.39 is 0 Å². The summed E-state index contributed by atoms with van der Waals surface area (Å²) in [6, 6.07) is 5.84. The summed E-state index contributed by atoms with van der Waals surface area (Å²) >= 11 is 6.47. The highest BCUT2D eigenvalue weighted by atomic mass is 35.5. The van der Waals surface area contributed by atoms with E-state index in [0.29, 0.717) is 41.8 Å². The van der Waals surface area contributed by atoms with Crippen LogP contribution in [0.15, 0.2) is 12.1 Å². The second-order valence-electron chi connectivity index (χ2n) is 5.86. The summed E-state index contributed by atoms with van der Waals surface area (Å²) in [5, 5.41) is 13.4. The molecule has 1 aliphatic heterocycles. The van der Waals surface area contributed by atoms with Gasteiger partial charge in [-0.15, -0.1) is 0 Å². The second kappa shape index (κ2) is 7.81. The molecule has 1 aromatic carbocycles. The van der Waals surface area contributed by atoms with Gasteiger partial charge < -0.3 is 20.5 Å². The number of nitrogens with one attached hydrogen (secondary N) is 1. The lowest BCUT2D eigenvalue weighted by molar-refractivity contribution is 0.288. The van der Waals surface area contributed by atoms with Crippen molar-refractivity contribution >= 4 is 17.4 Å². The average molecular weight is 373 g/mol. The van der Waals surface area contributed by atoms with Crippen LogP contribution in [0.25, 0.3) is 11.1 Å². The lowest BCUT2D eigenvalue weighted by Gasteiger charge is -2.23. The maximum Gasteiger partial charge on any atom is 0.179 e. The summed E-state index contributed by atoms with van der Waals surface area (Å²) in [5.41, 5.74) is 9.84. The lowest BCUT2D eigenvalue weighted by Crippen LogP contribution is -2.26. The molecule has 3 N–H and O–H groups in total. The van der Waals surface area contributed by atoms with Crippen molar-refractivity contribution in [2.24, 2.45) is 0 Å². The summed E-state index contributed by atoms with van der Waals surface area (Å²) in [7, 11) is 0. The van der Waals surface area contributed by atoms with E-state index in [0.717, 1.165) is 35.3 Å². The number of halogens is 1. The number of ether oxygens (including phenoxy) is 2. The smallest absolute Gasteiger partial charge is 0.179 e. The Kier molecular flexibility index (Phi) is 5.50. The average Bonchev–Trinajstić information content (AvgIpc) is 2.63. The molecule has 1 aliphatic rings. The predicted octanol–water partition coefficient (Wildman–Crippen LogP) is 3.30. The minimum atomic E-state index is 0.242. The molecule has 2 heterocycles. The van der Waals surface area contributed by atoms with Crippen molar-refractivity contribution in [3.05, 3.63) is 34.0 Å². The SMILES string of the molecule is CCOc1cc(-c2c(C#N)c(N)nc3c2CNCC3)cc(Cl)c1OCC. The van der Waals surface area contributed by atoms with E-state index in [9.17, 15) is 5.26 Å². The molecule has 0 radical (unpaired) electrons. The summed E-state index contributed by atoms with van der Waals surface area (Å²) < 4.78 is 11.4. The highest BCUT2D eigenvalue weighted by molar-refractivity contribution is 6.32. The number of aromatic nitrogens is 1. The van der Waals surface area contributed by atoms with Crippen molar-refractivity contribution in [1.29, 1.82) is 5.26 Å². The number of hydrogen-bond donors (Lipinski definition) is 2. The first-order valence-corrected chi connectivity index (χ1v) is 9.00. The Hall–Kier alpha value is -2.49. The Labute approximate surface area is 157 Å². The van der Waals surface area contributed by atoms with Gasteiger partial charge in [0, 0.05) is 30.8 Å². The largest absolute Gasteiger partial charge is 0.490 e. The van der Waals surface area contributed by atoms with Gasteiger partial charge in [0.2, 0.25) is 0 Å². The van der Waals surface area contributed by atoms with E-state index >= 15 is 0 Å².